The third kappa shape index (κ3) is 2.82. The van der Waals surface area contributed by atoms with Gasteiger partial charge in [-0.15, -0.1) is 24.0 Å². The van der Waals surface area contributed by atoms with Gasteiger partial charge in [0.15, 0.2) is 0 Å². The highest BCUT2D eigenvalue weighted by Gasteiger charge is 2.46. The number of nitrogens with two attached hydrogens (primary N) is 1. The summed E-state index contributed by atoms with van der Waals surface area (Å²) >= 11 is 0. The first kappa shape index (κ1) is 18.9. The maximum absolute atomic E-state index is 12.8. The molecule has 5 heteroatoms. The van der Waals surface area contributed by atoms with Crippen molar-refractivity contribution in [2.45, 2.75) is 38.6 Å². The molecule has 2 aromatic carbocycles. The fraction of sp³-hybridized carbons (Fsp3) is 0.333. The SMILES string of the molecule is C/C(=N\N)C1(c2cccc(N3Cc4ccccc4C3=O)c2)CC(C)C1.I. The number of halogens is 1. The van der Waals surface area contributed by atoms with Gasteiger partial charge in [-0.05, 0) is 55.0 Å². The van der Waals surface area contributed by atoms with Crippen molar-refractivity contribution in [1.29, 1.82) is 0 Å². The molecule has 136 valence electrons. The van der Waals surface area contributed by atoms with E-state index in [2.05, 4.69) is 24.2 Å². The van der Waals surface area contributed by atoms with Gasteiger partial charge in [-0.25, -0.2) is 0 Å². The number of hydrogen-bond donors (Lipinski definition) is 1. The molecule has 2 N–H and O–H groups in total. The second-order valence-electron chi connectivity index (χ2n) is 7.41. The Morgan fingerprint density at radius 3 is 2.58 bits per heavy atom. The predicted molar refractivity (Wildman–Crippen MR) is 116 cm³/mol. The average molecular weight is 461 g/mol. The highest BCUT2D eigenvalue weighted by Crippen LogP contribution is 2.49. The average Bonchev–Trinajstić information content (AvgIpc) is 2.95. The van der Waals surface area contributed by atoms with Gasteiger partial charge in [-0.2, -0.15) is 5.10 Å². The van der Waals surface area contributed by atoms with Gasteiger partial charge < -0.3 is 10.7 Å². The number of hydrazone groups is 1. The van der Waals surface area contributed by atoms with Crippen LogP contribution in [-0.2, 0) is 12.0 Å². The van der Waals surface area contributed by atoms with Crippen LogP contribution < -0.4 is 10.7 Å². The van der Waals surface area contributed by atoms with Crippen LogP contribution in [0.5, 0.6) is 0 Å². The van der Waals surface area contributed by atoms with Crippen LogP contribution in [0.2, 0.25) is 0 Å². The van der Waals surface area contributed by atoms with Crippen LogP contribution in [0.25, 0.3) is 0 Å². The monoisotopic (exact) mass is 461 g/mol. The number of amides is 1. The van der Waals surface area contributed by atoms with Gasteiger partial charge in [0.2, 0.25) is 0 Å². The number of fused-ring (bicyclic) bond motifs is 1. The second kappa shape index (κ2) is 7.02. The second-order valence-corrected chi connectivity index (χ2v) is 7.41. The van der Waals surface area contributed by atoms with E-state index in [-0.39, 0.29) is 35.3 Å². The summed E-state index contributed by atoms with van der Waals surface area (Å²) in [5.74, 6) is 6.36. The number of nitrogens with zero attached hydrogens (tertiary/aromatic N) is 2. The molecule has 0 aromatic heterocycles. The number of carbonyl (C=O) groups is 1. The molecule has 1 saturated carbocycles. The van der Waals surface area contributed by atoms with E-state index in [0.29, 0.717) is 12.5 Å². The van der Waals surface area contributed by atoms with Crippen LogP contribution in [0.1, 0.15) is 48.2 Å². The number of rotatable bonds is 3. The van der Waals surface area contributed by atoms with E-state index < -0.39 is 0 Å². The predicted octanol–water partition coefficient (Wildman–Crippen LogP) is 4.47. The van der Waals surface area contributed by atoms with Crippen LogP contribution in [0, 0.1) is 5.92 Å². The molecule has 0 saturated heterocycles. The summed E-state index contributed by atoms with van der Waals surface area (Å²) in [4.78, 5) is 14.6. The molecule has 4 nitrogen and oxygen atoms in total. The molecule has 4 rings (SSSR count). The van der Waals surface area contributed by atoms with Crippen LogP contribution in [0.15, 0.2) is 53.6 Å². The van der Waals surface area contributed by atoms with E-state index >= 15 is 0 Å². The molecule has 2 aliphatic rings. The Bertz CT molecular complexity index is 871. The summed E-state index contributed by atoms with van der Waals surface area (Å²) < 4.78 is 0. The zero-order valence-corrected chi connectivity index (χ0v) is 17.4. The number of anilines is 1. The molecule has 0 atom stereocenters. The van der Waals surface area contributed by atoms with Crippen molar-refractivity contribution in [2.24, 2.45) is 16.9 Å². The lowest BCUT2D eigenvalue weighted by molar-refractivity contribution is 0.0996. The molecule has 0 radical (unpaired) electrons. The Balaban J connectivity index is 0.00000196. The van der Waals surface area contributed by atoms with Crippen molar-refractivity contribution in [1.82, 2.24) is 0 Å². The van der Waals surface area contributed by atoms with Gasteiger partial charge in [0, 0.05) is 22.4 Å². The Morgan fingerprint density at radius 2 is 1.92 bits per heavy atom. The summed E-state index contributed by atoms with van der Waals surface area (Å²) in [6, 6.07) is 16.2. The lowest BCUT2D eigenvalue weighted by Crippen LogP contribution is -2.46. The number of benzene rings is 2. The van der Waals surface area contributed by atoms with Crippen molar-refractivity contribution in [3.63, 3.8) is 0 Å². The van der Waals surface area contributed by atoms with Gasteiger partial charge in [0.25, 0.3) is 5.91 Å². The zero-order chi connectivity index (χ0) is 17.6. The first-order valence-corrected chi connectivity index (χ1v) is 8.80. The summed E-state index contributed by atoms with van der Waals surface area (Å²) in [6.45, 7) is 4.90. The highest BCUT2D eigenvalue weighted by molar-refractivity contribution is 14.0. The molecule has 1 aliphatic carbocycles. The van der Waals surface area contributed by atoms with Crippen LogP contribution in [0.3, 0.4) is 0 Å². The lowest BCUT2D eigenvalue weighted by atomic mass is 9.57. The highest BCUT2D eigenvalue weighted by atomic mass is 127. The molecule has 2 aromatic rings. The summed E-state index contributed by atoms with van der Waals surface area (Å²) in [5.41, 5.74) is 4.93. The van der Waals surface area contributed by atoms with Crippen LogP contribution >= 0.6 is 24.0 Å². The van der Waals surface area contributed by atoms with Crippen molar-refractivity contribution >= 4 is 41.3 Å². The van der Waals surface area contributed by atoms with Crippen molar-refractivity contribution in [3.05, 3.63) is 65.2 Å². The van der Waals surface area contributed by atoms with Gasteiger partial charge in [0.1, 0.15) is 0 Å². The van der Waals surface area contributed by atoms with E-state index in [0.717, 1.165) is 35.4 Å². The standard InChI is InChI=1S/C21H23N3O.HI/c1-14-11-21(12-14,15(2)23-22)17-7-5-8-18(10-17)24-13-16-6-3-4-9-19(16)20(24)25;/h3-10,14H,11-13,22H2,1-2H3;1H/b23-15+;. The quantitative estimate of drug-likeness (QED) is 0.318. The van der Waals surface area contributed by atoms with E-state index in [9.17, 15) is 4.79 Å². The fourth-order valence-electron chi connectivity index (χ4n) is 4.43. The van der Waals surface area contributed by atoms with Gasteiger partial charge >= 0.3 is 0 Å². The minimum atomic E-state index is -0.0835. The molecule has 1 amide bonds. The van der Waals surface area contributed by atoms with Gasteiger partial charge in [-0.1, -0.05) is 37.3 Å². The Kier molecular flexibility index (Phi) is 5.10. The molecular formula is C21H24IN3O. The van der Waals surface area contributed by atoms with Crippen molar-refractivity contribution < 1.29 is 4.79 Å². The molecule has 0 bridgehead atoms. The van der Waals surface area contributed by atoms with E-state index in [1.54, 1.807) is 0 Å². The van der Waals surface area contributed by atoms with Crippen LogP contribution in [0.4, 0.5) is 5.69 Å². The number of hydrogen-bond acceptors (Lipinski definition) is 3. The lowest BCUT2D eigenvalue weighted by Gasteiger charge is -2.47. The third-order valence-corrected chi connectivity index (χ3v) is 5.81. The van der Waals surface area contributed by atoms with Gasteiger partial charge in [0.05, 0.1) is 6.54 Å². The summed E-state index contributed by atoms with van der Waals surface area (Å²) in [5, 5.41) is 4.00. The smallest absolute Gasteiger partial charge is 0.258 e. The van der Waals surface area contributed by atoms with E-state index in [1.165, 1.54) is 5.56 Å². The van der Waals surface area contributed by atoms with Crippen molar-refractivity contribution in [3.8, 4) is 0 Å². The maximum atomic E-state index is 12.8. The molecule has 0 unspecified atom stereocenters. The number of carbonyl (C=O) groups excluding carboxylic acids is 1. The Labute approximate surface area is 171 Å². The summed E-state index contributed by atoms with van der Waals surface area (Å²) in [7, 11) is 0. The molecule has 1 fully saturated rings. The minimum absolute atomic E-state index is 0. The molecule has 1 aliphatic heterocycles. The third-order valence-electron chi connectivity index (χ3n) is 5.81. The topological polar surface area (TPSA) is 58.7 Å². The van der Waals surface area contributed by atoms with Gasteiger partial charge in [-0.3, -0.25) is 4.79 Å². The summed E-state index contributed by atoms with van der Waals surface area (Å²) in [6.07, 6.45) is 2.11. The van der Waals surface area contributed by atoms with Crippen LogP contribution in [-0.4, -0.2) is 11.6 Å². The largest absolute Gasteiger partial charge is 0.323 e. The molecule has 26 heavy (non-hydrogen) atoms. The molecule has 1 heterocycles. The van der Waals surface area contributed by atoms with Crippen molar-refractivity contribution in [2.75, 3.05) is 4.90 Å². The van der Waals surface area contributed by atoms with E-state index in [1.807, 2.05) is 48.2 Å². The Morgan fingerprint density at radius 1 is 1.19 bits per heavy atom. The first-order chi connectivity index (χ1) is 12.0. The minimum Gasteiger partial charge on any atom is -0.323 e. The zero-order valence-electron chi connectivity index (χ0n) is 15.1. The molecular weight excluding hydrogens is 437 g/mol. The van der Waals surface area contributed by atoms with E-state index in [4.69, 9.17) is 5.84 Å². The maximum Gasteiger partial charge on any atom is 0.258 e. The fourth-order valence-corrected chi connectivity index (χ4v) is 4.43. The normalized spacial score (nSPS) is 24.7. The Hall–Kier alpha value is -1.89. The first-order valence-electron chi connectivity index (χ1n) is 8.80. The molecule has 0 spiro atoms.